The predicted octanol–water partition coefficient (Wildman–Crippen LogP) is 12.9. The third kappa shape index (κ3) is 5.55. The zero-order valence-electron chi connectivity index (χ0n) is 31.7. The van der Waals surface area contributed by atoms with Gasteiger partial charge in [-0.25, -0.2) is 9.97 Å². The van der Waals surface area contributed by atoms with Gasteiger partial charge in [-0.15, -0.1) is 22.1 Å². The number of unbranched alkanes of at least 4 members (excludes halogenated alkanes) is 2. The second-order valence-electron chi connectivity index (χ2n) is 14.8. The molecule has 269 valence electrons. The Morgan fingerprint density at radius 1 is 0.491 bits per heavy atom. The van der Waals surface area contributed by atoms with E-state index in [1.165, 1.54) is 77.2 Å². The Morgan fingerprint density at radius 3 is 1.57 bits per heavy atom. The van der Waals surface area contributed by atoms with Crippen LogP contribution in [0.25, 0.3) is 88.2 Å². The first-order chi connectivity index (χ1) is 25.4. The number of nitrogens with zero attached hydrogens (tertiary/aromatic N) is 4. The maximum Gasteiger partial charge on any atom is 2.00 e. The van der Waals surface area contributed by atoms with Crippen LogP contribution in [0.2, 0.25) is 0 Å². The van der Waals surface area contributed by atoms with E-state index in [9.17, 15) is 0 Å². The molecule has 0 unspecified atom stereocenters. The van der Waals surface area contributed by atoms with Gasteiger partial charge in [0.15, 0.2) is 0 Å². The van der Waals surface area contributed by atoms with Crippen LogP contribution in [0.1, 0.15) is 114 Å². The Labute approximate surface area is 323 Å². The molecule has 3 aliphatic rings. The van der Waals surface area contributed by atoms with Crippen molar-refractivity contribution in [3.8, 4) is 22.3 Å². The van der Waals surface area contributed by atoms with Crippen molar-refractivity contribution >= 4 is 65.9 Å². The van der Waals surface area contributed by atoms with E-state index in [4.69, 9.17) is 19.9 Å². The molecule has 0 N–H and O–H groups in total. The van der Waals surface area contributed by atoms with Gasteiger partial charge < -0.3 is 9.97 Å². The Hall–Kier alpha value is -4.70. The molecule has 1 radical (unpaired) electrons. The first kappa shape index (κ1) is 35.3. The van der Waals surface area contributed by atoms with E-state index in [0.717, 1.165) is 96.2 Å². The summed E-state index contributed by atoms with van der Waals surface area (Å²) in [6.07, 6.45) is 8.35. The van der Waals surface area contributed by atoms with Gasteiger partial charge in [-0.3, -0.25) is 0 Å². The number of aromatic nitrogens is 4. The van der Waals surface area contributed by atoms with Gasteiger partial charge in [0.1, 0.15) is 0 Å². The number of hydrogen-bond acceptors (Lipinski definition) is 2. The van der Waals surface area contributed by atoms with Gasteiger partial charge in [-0.05, 0) is 125 Å². The fourth-order valence-corrected chi connectivity index (χ4v) is 9.05. The van der Waals surface area contributed by atoms with Crippen molar-refractivity contribution in [2.45, 2.75) is 92.9 Å². The molecule has 5 heterocycles. The second-order valence-corrected chi connectivity index (χ2v) is 14.8. The second kappa shape index (κ2) is 13.9. The Kier molecular flexibility index (Phi) is 9.29. The van der Waals surface area contributed by atoms with Crippen LogP contribution >= 0.6 is 0 Å². The number of fused-ring (bicyclic) bond motifs is 15. The molecular weight excluding hydrogens is 696 g/mol. The maximum atomic E-state index is 5.53. The summed E-state index contributed by atoms with van der Waals surface area (Å²) in [5, 5.41) is 4.95. The van der Waals surface area contributed by atoms with Gasteiger partial charge in [0.05, 0.1) is 22.8 Å². The maximum absolute atomic E-state index is 5.53. The normalized spacial score (nSPS) is 13.4. The summed E-state index contributed by atoms with van der Waals surface area (Å²) in [5.41, 5.74) is 21.1. The molecule has 0 saturated heterocycles. The number of rotatable bonds is 8. The molecule has 3 aromatic carbocycles. The standard InChI is InChI=1S/C48H46N4.Cu/c1-7-11-16-31-27(5)39-23-41-29(9-3)30(10-4)42(51-41)24-40-28(6)32(17-12-8-2)44(50-40)26-46-48-36-21-15-20-35-33-18-13-14-19-34(33)37(47(35)36)22-38(48)45(52-46)25-43(31)49-39;/h13-15,18-26H,7-12,16-17H2,1-6H3;/q-2;+2. The van der Waals surface area contributed by atoms with Gasteiger partial charge in [-0.1, -0.05) is 118 Å². The molecule has 9 rings (SSSR count). The first-order valence-corrected chi connectivity index (χ1v) is 19.5. The van der Waals surface area contributed by atoms with E-state index in [-0.39, 0.29) is 17.1 Å². The molecular formula is C48H46CuN4. The van der Waals surface area contributed by atoms with Crippen LogP contribution in [0.4, 0.5) is 0 Å². The van der Waals surface area contributed by atoms with Crippen LogP contribution < -0.4 is 9.97 Å². The zero-order valence-corrected chi connectivity index (χ0v) is 32.6. The van der Waals surface area contributed by atoms with Crippen LogP contribution in [0.15, 0.2) is 72.8 Å². The van der Waals surface area contributed by atoms with E-state index in [1.807, 2.05) is 0 Å². The number of aryl methyl sites for hydroxylation is 2. The Bertz CT molecular complexity index is 2700. The van der Waals surface area contributed by atoms with Crippen molar-refractivity contribution in [2.24, 2.45) is 0 Å². The van der Waals surface area contributed by atoms with Crippen molar-refractivity contribution in [3.63, 3.8) is 0 Å². The number of benzene rings is 3. The van der Waals surface area contributed by atoms with Crippen molar-refractivity contribution in [1.29, 1.82) is 0 Å². The quantitative estimate of drug-likeness (QED) is 0.146. The minimum atomic E-state index is 0. The minimum Gasteiger partial charge on any atom is -0.657 e. The SMILES string of the molecule is CCCCC1=C(C)c2cc3[n-]c(cc4nc(cc5[n-]c(cc1n2)c1cc2c6c(cccc6c51)-c1ccccc1-2)C(CCCC)=C4C)c(CC)c3CC.[Cu+2]. The zero-order chi connectivity index (χ0) is 35.7. The fraction of sp³-hybridized carbons (Fsp3) is 0.292. The van der Waals surface area contributed by atoms with Crippen LogP contribution in [-0.4, -0.2) is 9.97 Å². The summed E-state index contributed by atoms with van der Waals surface area (Å²) in [6.45, 7) is 13.5. The van der Waals surface area contributed by atoms with Crippen molar-refractivity contribution < 1.29 is 17.1 Å². The van der Waals surface area contributed by atoms with Crippen molar-refractivity contribution in [3.05, 3.63) is 107 Å². The van der Waals surface area contributed by atoms with E-state index >= 15 is 0 Å². The fourth-order valence-electron chi connectivity index (χ4n) is 9.05. The van der Waals surface area contributed by atoms with Gasteiger partial charge in [0.2, 0.25) is 0 Å². The Balaban J connectivity index is 0.00000400. The summed E-state index contributed by atoms with van der Waals surface area (Å²) in [7, 11) is 0. The molecule has 0 fully saturated rings. The predicted molar refractivity (Wildman–Crippen MR) is 221 cm³/mol. The molecule has 1 aliphatic carbocycles. The van der Waals surface area contributed by atoms with E-state index < -0.39 is 0 Å². The summed E-state index contributed by atoms with van der Waals surface area (Å²) in [4.78, 5) is 21.7. The number of hydrogen-bond donors (Lipinski definition) is 0. The summed E-state index contributed by atoms with van der Waals surface area (Å²) >= 11 is 0. The average molecular weight is 742 g/mol. The molecule has 0 amide bonds. The largest absolute Gasteiger partial charge is 2.00 e. The van der Waals surface area contributed by atoms with E-state index in [1.54, 1.807) is 0 Å². The first-order valence-electron chi connectivity index (χ1n) is 19.5. The topological polar surface area (TPSA) is 54.0 Å². The van der Waals surface area contributed by atoms with Gasteiger partial charge in [0, 0.05) is 0 Å². The van der Waals surface area contributed by atoms with Crippen LogP contribution in [0.5, 0.6) is 0 Å². The molecule has 5 heteroatoms. The van der Waals surface area contributed by atoms with E-state index in [2.05, 4.69) is 114 Å². The van der Waals surface area contributed by atoms with Crippen LogP contribution in [0, 0.1) is 0 Å². The third-order valence-corrected chi connectivity index (χ3v) is 11.8. The summed E-state index contributed by atoms with van der Waals surface area (Å²) in [6, 6.07) is 27.1. The molecule has 0 saturated carbocycles. The monoisotopic (exact) mass is 741 g/mol. The molecule has 6 aromatic rings. The molecule has 8 bridgehead atoms. The molecule has 4 nitrogen and oxygen atoms in total. The Morgan fingerprint density at radius 2 is 1.00 bits per heavy atom. The van der Waals surface area contributed by atoms with Crippen LogP contribution in [0.3, 0.4) is 0 Å². The minimum absolute atomic E-state index is 0. The van der Waals surface area contributed by atoms with Crippen molar-refractivity contribution in [1.82, 2.24) is 19.9 Å². The molecule has 2 aliphatic heterocycles. The average Bonchev–Trinajstić information content (AvgIpc) is 3.92. The summed E-state index contributed by atoms with van der Waals surface area (Å²) in [5.74, 6) is 0. The molecule has 0 spiro atoms. The third-order valence-electron chi connectivity index (χ3n) is 11.8. The van der Waals surface area contributed by atoms with E-state index in [0.29, 0.717) is 0 Å². The molecule has 0 atom stereocenters. The molecule has 3 aromatic heterocycles. The van der Waals surface area contributed by atoms with Crippen molar-refractivity contribution in [2.75, 3.05) is 0 Å². The van der Waals surface area contributed by atoms with Gasteiger partial charge in [-0.2, -0.15) is 0 Å². The smallest absolute Gasteiger partial charge is 0.657 e. The summed E-state index contributed by atoms with van der Waals surface area (Å²) < 4.78 is 0. The van der Waals surface area contributed by atoms with Gasteiger partial charge >= 0.3 is 17.1 Å². The van der Waals surface area contributed by atoms with Gasteiger partial charge in [0.25, 0.3) is 0 Å². The van der Waals surface area contributed by atoms with Crippen LogP contribution in [-0.2, 0) is 29.9 Å². The number of allylic oxidation sites excluding steroid dienone is 4. The molecule has 53 heavy (non-hydrogen) atoms.